The van der Waals surface area contributed by atoms with Crippen LogP contribution >= 0.6 is 0 Å². The highest BCUT2D eigenvalue weighted by molar-refractivity contribution is 5.95. The third-order valence-electron chi connectivity index (χ3n) is 4.72. The Morgan fingerprint density at radius 3 is 2.63 bits per heavy atom. The Labute approximate surface area is 160 Å². The number of rotatable bonds is 7. The van der Waals surface area contributed by atoms with Gasteiger partial charge in [0.2, 0.25) is 0 Å². The molecule has 0 aliphatic carbocycles. The normalized spacial score (nSPS) is 11.3. The van der Waals surface area contributed by atoms with Crippen LogP contribution in [-0.4, -0.2) is 27.0 Å². The van der Waals surface area contributed by atoms with Crippen LogP contribution < -0.4 is 5.32 Å². The Morgan fingerprint density at radius 1 is 1.22 bits per heavy atom. The van der Waals surface area contributed by atoms with Crippen LogP contribution in [0.25, 0.3) is 16.8 Å². The summed E-state index contributed by atoms with van der Waals surface area (Å²) in [6.07, 6.45) is 4.38. The van der Waals surface area contributed by atoms with Gasteiger partial charge in [-0.1, -0.05) is 57.5 Å². The zero-order valence-corrected chi connectivity index (χ0v) is 16.6. The molecule has 0 aliphatic heterocycles. The van der Waals surface area contributed by atoms with Gasteiger partial charge in [-0.25, -0.2) is 9.50 Å². The van der Waals surface area contributed by atoms with E-state index in [0.717, 1.165) is 47.4 Å². The van der Waals surface area contributed by atoms with Gasteiger partial charge in [-0.15, -0.1) is 0 Å². The predicted molar refractivity (Wildman–Crippen MR) is 109 cm³/mol. The predicted octanol–water partition coefficient (Wildman–Crippen LogP) is 4.43. The monoisotopic (exact) mass is 364 g/mol. The van der Waals surface area contributed by atoms with E-state index in [2.05, 4.69) is 43.2 Å². The van der Waals surface area contributed by atoms with E-state index in [-0.39, 0.29) is 5.91 Å². The summed E-state index contributed by atoms with van der Waals surface area (Å²) in [5, 5.41) is 7.76. The molecule has 5 heteroatoms. The van der Waals surface area contributed by atoms with Crippen LogP contribution in [-0.2, 0) is 6.42 Å². The number of carbonyl (C=O) groups excluding carboxylic acids is 1. The van der Waals surface area contributed by atoms with E-state index in [1.165, 1.54) is 0 Å². The molecule has 1 aromatic carbocycles. The quantitative estimate of drug-likeness (QED) is 0.674. The summed E-state index contributed by atoms with van der Waals surface area (Å²) in [7, 11) is 0. The lowest BCUT2D eigenvalue weighted by Gasteiger charge is -2.12. The average Bonchev–Trinajstić information content (AvgIpc) is 2.99. The van der Waals surface area contributed by atoms with E-state index >= 15 is 0 Å². The second-order valence-electron chi connectivity index (χ2n) is 7.37. The molecule has 2 heterocycles. The maximum atomic E-state index is 12.7. The first-order valence-corrected chi connectivity index (χ1v) is 9.73. The van der Waals surface area contributed by atoms with Crippen molar-refractivity contribution in [1.29, 1.82) is 0 Å². The first-order chi connectivity index (χ1) is 13.0. The van der Waals surface area contributed by atoms with Gasteiger partial charge in [0.25, 0.3) is 5.91 Å². The summed E-state index contributed by atoms with van der Waals surface area (Å²) in [5.74, 6) is 0.492. The van der Waals surface area contributed by atoms with Crippen LogP contribution in [0.1, 0.15) is 55.4 Å². The first kappa shape index (κ1) is 19.1. The average molecular weight is 364 g/mol. The maximum absolute atomic E-state index is 12.7. The number of hydrogen-bond acceptors (Lipinski definition) is 3. The van der Waals surface area contributed by atoms with E-state index in [9.17, 15) is 4.79 Å². The van der Waals surface area contributed by atoms with Crippen LogP contribution in [0.5, 0.6) is 0 Å². The van der Waals surface area contributed by atoms with Crippen LogP contribution in [0.2, 0.25) is 0 Å². The zero-order valence-electron chi connectivity index (χ0n) is 16.6. The molecule has 0 radical (unpaired) electrons. The number of nitrogens with one attached hydrogen (secondary N) is 1. The molecule has 0 saturated carbocycles. The Morgan fingerprint density at radius 2 is 1.96 bits per heavy atom. The minimum Gasteiger partial charge on any atom is -0.352 e. The lowest BCUT2D eigenvalue weighted by Crippen LogP contribution is -2.27. The highest BCUT2D eigenvalue weighted by atomic mass is 16.1. The minimum atomic E-state index is -0.0667. The van der Waals surface area contributed by atoms with Gasteiger partial charge in [-0.2, -0.15) is 5.10 Å². The lowest BCUT2D eigenvalue weighted by atomic mass is 10.1. The van der Waals surface area contributed by atoms with Gasteiger partial charge in [-0.3, -0.25) is 4.79 Å². The summed E-state index contributed by atoms with van der Waals surface area (Å²) in [5.41, 5.74) is 5.39. The van der Waals surface area contributed by atoms with E-state index < -0.39 is 0 Å². The molecule has 1 N–H and O–H groups in total. The van der Waals surface area contributed by atoms with Crippen molar-refractivity contribution in [1.82, 2.24) is 19.9 Å². The molecule has 1 amide bonds. The van der Waals surface area contributed by atoms with Gasteiger partial charge in [0.1, 0.15) is 0 Å². The van der Waals surface area contributed by atoms with Crippen LogP contribution in [0, 0.1) is 12.8 Å². The Kier molecular flexibility index (Phi) is 5.89. The lowest BCUT2D eigenvalue weighted by molar-refractivity contribution is 0.0950. The topological polar surface area (TPSA) is 59.3 Å². The number of aromatic nitrogens is 3. The molecule has 2 aromatic heterocycles. The summed E-state index contributed by atoms with van der Waals surface area (Å²) in [4.78, 5) is 17.4. The number of fused-ring (bicyclic) bond motifs is 1. The Bertz CT molecular complexity index is 928. The Balaban J connectivity index is 2.05. The van der Waals surface area contributed by atoms with Gasteiger partial charge in [0.05, 0.1) is 17.0 Å². The number of aryl methyl sites for hydroxylation is 2. The van der Waals surface area contributed by atoms with Gasteiger partial charge in [0, 0.05) is 18.3 Å². The van der Waals surface area contributed by atoms with Crippen molar-refractivity contribution >= 4 is 11.6 Å². The number of nitrogens with zero attached hydrogens (tertiary/aromatic N) is 3. The molecule has 0 fully saturated rings. The summed E-state index contributed by atoms with van der Waals surface area (Å²) < 4.78 is 1.86. The van der Waals surface area contributed by atoms with Crippen LogP contribution in [0.15, 0.2) is 36.5 Å². The van der Waals surface area contributed by atoms with Crippen molar-refractivity contribution in [3.05, 3.63) is 53.5 Å². The highest BCUT2D eigenvalue weighted by Crippen LogP contribution is 2.28. The van der Waals surface area contributed by atoms with Gasteiger partial charge < -0.3 is 5.32 Å². The Hall–Kier alpha value is -2.69. The largest absolute Gasteiger partial charge is 0.352 e. The van der Waals surface area contributed by atoms with Gasteiger partial charge in [-0.05, 0) is 31.2 Å². The van der Waals surface area contributed by atoms with Crippen molar-refractivity contribution in [2.75, 3.05) is 6.54 Å². The number of hydrogen-bond donors (Lipinski definition) is 1. The van der Waals surface area contributed by atoms with E-state index in [0.29, 0.717) is 18.0 Å². The molecule has 0 spiro atoms. The second-order valence-corrected chi connectivity index (χ2v) is 7.37. The van der Waals surface area contributed by atoms with Crippen molar-refractivity contribution in [2.45, 2.75) is 47.0 Å². The number of benzene rings is 1. The first-order valence-electron chi connectivity index (χ1n) is 9.73. The van der Waals surface area contributed by atoms with Crippen LogP contribution in [0.4, 0.5) is 0 Å². The molecular weight excluding hydrogens is 336 g/mol. The fraction of sp³-hybridized carbons (Fsp3) is 0.409. The molecule has 0 unspecified atom stereocenters. The summed E-state index contributed by atoms with van der Waals surface area (Å²) in [6, 6.07) is 10.2. The molecular formula is C22H28N4O. The number of carbonyl (C=O) groups is 1. The molecule has 0 bridgehead atoms. The molecule has 0 atom stereocenters. The van der Waals surface area contributed by atoms with Gasteiger partial charge in [0.15, 0.2) is 5.65 Å². The molecule has 3 rings (SSSR count). The molecule has 142 valence electrons. The summed E-state index contributed by atoms with van der Waals surface area (Å²) in [6.45, 7) is 9.09. The molecule has 0 aliphatic rings. The third-order valence-corrected chi connectivity index (χ3v) is 4.72. The summed E-state index contributed by atoms with van der Waals surface area (Å²) >= 11 is 0. The smallest absolute Gasteiger partial charge is 0.254 e. The zero-order chi connectivity index (χ0) is 19.4. The van der Waals surface area contributed by atoms with Crippen molar-refractivity contribution < 1.29 is 4.79 Å². The molecule has 0 saturated heterocycles. The standard InChI is InChI=1S/C22H28N4O/c1-5-9-19-18(22(27)23-13-12-15(2)3)14-24-21-20(16(4)25-26(19)21)17-10-7-6-8-11-17/h6-8,10-11,14-15H,5,9,12-13H2,1-4H3,(H,23,27). The van der Waals surface area contributed by atoms with Gasteiger partial charge >= 0.3 is 0 Å². The number of amides is 1. The van der Waals surface area contributed by atoms with E-state index in [4.69, 9.17) is 5.10 Å². The van der Waals surface area contributed by atoms with Crippen molar-refractivity contribution in [3.63, 3.8) is 0 Å². The van der Waals surface area contributed by atoms with Crippen molar-refractivity contribution in [3.8, 4) is 11.1 Å². The molecule has 27 heavy (non-hydrogen) atoms. The van der Waals surface area contributed by atoms with E-state index in [1.54, 1.807) is 6.20 Å². The van der Waals surface area contributed by atoms with E-state index in [1.807, 2.05) is 29.6 Å². The minimum absolute atomic E-state index is 0.0667. The van der Waals surface area contributed by atoms with Crippen molar-refractivity contribution in [2.24, 2.45) is 5.92 Å². The maximum Gasteiger partial charge on any atom is 0.254 e. The molecule has 5 nitrogen and oxygen atoms in total. The molecule has 3 aromatic rings. The van der Waals surface area contributed by atoms with Crippen LogP contribution in [0.3, 0.4) is 0 Å². The fourth-order valence-electron chi connectivity index (χ4n) is 3.32. The highest BCUT2D eigenvalue weighted by Gasteiger charge is 2.20. The third kappa shape index (κ3) is 4.02. The fourth-order valence-corrected chi connectivity index (χ4v) is 3.32. The second kappa shape index (κ2) is 8.33. The SMILES string of the molecule is CCCc1c(C(=O)NCCC(C)C)cnc2c(-c3ccccc3)c(C)nn12.